The molecule has 146 valence electrons. The SMILES string of the molecule is CC(OC(=O)c1ccc(Cl)cc1[N+](=O)[O-])C(=O)NC1CCCc2ccccc21. The molecular formula is C20H19ClN2O5. The number of carbonyl (C=O) groups excluding carboxylic acids is 2. The summed E-state index contributed by atoms with van der Waals surface area (Å²) in [5.41, 5.74) is 1.54. The van der Waals surface area contributed by atoms with Crippen LogP contribution in [0.1, 0.15) is 47.3 Å². The Morgan fingerprint density at radius 3 is 2.79 bits per heavy atom. The number of nitrogens with one attached hydrogen (secondary N) is 1. The van der Waals surface area contributed by atoms with Gasteiger partial charge in [-0.25, -0.2) is 4.79 Å². The monoisotopic (exact) mass is 402 g/mol. The number of esters is 1. The molecule has 3 rings (SSSR count). The van der Waals surface area contributed by atoms with Crippen LogP contribution in [0.5, 0.6) is 0 Å². The first kappa shape index (κ1) is 19.8. The predicted octanol–water partition coefficient (Wildman–Crippen LogP) is 3.99. The van der Waals surface area contributed by atoms with Crippen LogP contribution < -0.4 is 5.32 Å². The van der Waals surface area contributed by atoms with Crippen LogP contribution in [-0.2, 0) is 16.0 Å². The third kappa shape index (κ3) is 4.31. The summed E-state index contributed by atoms with van der Waals surface area (Å²) in [5, 5.41) is 14.2. The molecule has 0 bridgehead atoms. The lowest BCUT2D eigenvalue weighted by Gasteiger charge is -2.27. The number of aryl methyl sites for hydroxylation is 1. The Kier molecular flexibility index (Phi) is 5.94. The van der Waals surface area contributed by atoms with Crippen LogP contribution in [-0.4, -0.2) is 22.9 Å². The molecule has 2 unspecified atom stereocenters. The Labute approximate surface area is 166 Å². The highest BCUT2D eigenvalue weighted by Crippen LogP contribution is 2.29. The Hall–Kier alpha value is -2.93. The summed E-state index contributed by atoms with van der Waals surface area (Å²) in [6.07, 6.45) is 1.61. The van der Waals surface area contributed by atoms with E-state index in [9.17, 15) is 19.7 Å². The number of nitro groups is 1. The van der Waals surface area contributed by atoms with E-state index in [0.717, 1.165) is 30.9 Å². The Morgan fingerprint density at radius 1 is 1.29 bits per heavy atom. The molecule has 0 saturated heterocycles. The van der Waals surface area contributed by atoms with Gasteiger partial charge in [-0.1, -0.05) is 35.9 Å². The first-order valence-corrected chi connectivity index (χ1v) is 9.27. The fraction of sp³-hybridized carbons (Fsp3) is 0.300. The highest BCUT2D eigenvalue weighted by Gasteiger charge is 2.28. The van der Waals surface area contributed by atoms with Gasteiger partial charge >= 0.3 is 5.97 Å². The molecule has 0 aliphatic heterocycles. The normalized spacial score (nSPS) is 16.6. The van der Waals surface area contributed by atoms with E-state index in [1.54, 1.807) is 0 Å². The van der Waals surface area contributed by atoms with Crippen LogP contribution in [0.15, 0.2) is 42.5 Å². The number of amides is 1. The van der Waals surface area contributed by atoms with Gasteiger partial charge in [-0.15, -0.1) is 0 Å². The molecule has 1 amide bonds. The van der Waals surface area contributed by atoms with Gasteiger partial charge in [-0.05, 0) is 49.4 Å². The van der Waals surface area contributed by atoms with Gasteiger partial charge < -0.3 is 10.1 Å². The molecule has 0 radical (unpaired) electrons. The average Bonchev–Trinajstić information content (AvgIpc) is 2.68. The van der Waals surface area contributed by atoms with Gasteiger partial charge in [0.1, 0.15) is 5.56 Å². The lowest BCUT2D eigenvalue weighted by Crippen LogP contribution is -2.39. The number of hydrogen-bond acceptors (Lipinski definition) is 5. The molecule has 1 aliphatic rings. The maximum atomic E-state index is 12.5. The zero-order valence-corrected chi connectivity index (χ0v) is 15.9. The number of rotatable bonds is 5. The summed E-state index contributed by atoms with van der Waals surface area (Å²) in [4.78, 5) is 35.3. The topological polar surface area (TPSA) is 98.5 Å². The number of nitro benzene ring substituents is 1. The van der Waals surface area contributed by atoms with Crippen molar-refractivity contribution in [3.8, 4) is 0 Å². The number of fused-ring (bicyclic) bond motifs is 1. The maximum Gasteiger partial charge on any atom is 0.345 e. The Morgan fingerprint density at radius 2 is 2.04 bits per heavy atom. The molecule has 2 atom stereocenters. The molecule has 8 heteroatoms. The van der Waals surface area contributed by atoms with Crippen molar-refractivity contribution in [2.45, 2.75) is 38.3 Å². The fourth-order valence-corrected chi connectivity index (χ4v) is 3.47. The van der Waals surface area contributed by atoms with Gasteiger partial charge in [0.05, 0.1) is 11.0 Å². The molecule has 1 aliphatic carbocycles. The number of carbonyl (C=O) groups is 2. The lowest BCUT2D eigenvalue weighted by atomic mass is 9.87. The molecule has 0 spiro atoms. The minimum absolute atomic E-state index is 0.130. The number of ether oxygens (including phenoxy) is 1. The number of nitrogens with zero attached hydrogens (tertiary/aromatic N) is 1. The smallest absolute Gasteiger partial charge is 0.345 e. The summed E-state index contributed by atoms with van der Waals surface area (Å²) >= 11 is 5.75. The van der Waals surface area contributed by atoms with E-state index in [-0.39, 0.29) is 16.6 Å². The van der Waals surface area contributed by atoms with Crippen LogP contribution in [0.25, 0.3) is 0 Å². The summed E-state index contributed by atoms with van der Waals surface area (Å²) in [6.45, 7) is 1.43. The van der Waals surface area contributed by atoms with Crippen molar-refractivity contribution in [2.75, 3.05) is 0 Å². The van der Waals surface area contributed by atoms with Crippen LogP contribution in [0.2, 0.25) is 5.02 Å². The van der Waals surface area contributed by atoms with E-state index < -0.39 is 28.6 Å². The van der Waals surface area contributed by atoms with Gasteiger partial charge in [-0.2, -0.15) is 0 Å². The third-order valence-corrected chi connectivity index (χ3v) is 4.95. The molecule has 0 aromatic heterocycles. The van der Waals surface area contributed by atoms with Crippen molar-refractivity contribution in [3.63, 3.8) is 0 Å². The summed E-state index contributed by atoms with van der Waals surface area (Å²) in [6, 6.07) is 11.4. The van der Waals surface area contributed by atoms with E-state index >= 15 is 0 Å². The maximum absolute atomic E-state index is 12.5. The molecule has 0 heterocycles. The lowest BCUT2D eigenvalue weighted by molar-refractivity contribution is -0.385. The van der Waals surface area contributed by atoms with E-state index in [1.807, 2.05) is 24.3 Å². The van der Waals surface area contributed by atoms with Crippen LogP contribution in [0.3, 0.4) is 0 Å². The molecule has 28 heavy (non-hydrogen) atoms. The van der Waals surface area contributed by atoms with Crippen molar-refractivity contribution in [3.05, 3.63) is 74.3 Å². The Bertz CT molecular complexity index is 931. The summed E-state index contributed by atoms with van der Waals surface area (Å²) in [5.74, 6) is -1.40. The molecule has 7 nitrogen and oxygen atoms in total. The Balaban J connectivity index is 1.69. The van der Waals surface area contributed by atoms with E-state index in [4.69, 9.17) is 16.3 Å². The minimum atomic E-state index is -1.10. The van der Waals surface area contributed by atoms with E-state index in [2.05, 4.69) is 5.32 Å². The largest absolute Gasteiger partial charge is 0.449 e. The summed E-state index contributed by atoms with van der Waals surface area (Å²) in [7, 11) is 0. The van der Waals surface area contributed by atoms with Crippen LogP contribution >= 0.6 is 11.6 Å². The first-order valence-electron chi connectivity index (χ1n) is 8.90. The molecule has 2 aromatic carbocycles. The van der Waals surface area contributed by atoms with Crippen molar-refractivity contribution < 1.29 is 19.2 Å². The molecule has 0 saturated carbocycles. The third-order valence-electron chi connectivity index (χ3n) is 4.72. The second-order valence-corrected chi connectivity index (χ2v) is 7.05. The minimum Gasteiger partial charge on any atom is -0.449 e. The standard InChI is InChI=1S/C20H19ClN2O5/c1-12(28-20(25)16-10-9-14(21)11-18(16)23(26)27)19(24)22-17-8-4-6-13-5-2-3-7-15(13)17/h2-3,5,7,9-12,17H,4,6,8H2,1H3,(H,22,24). The quantitative estimate of drug-likeness (QED) is 0.463. The van der Waals surface area contributed by atoms with Crippen LogP contribution in [0, 0.1) is 10.1 Å². The second-order valence-electron chi connectivity index (χ2n) is 6.62. The number of benzene rings is 2. The van der Waals surface area contributed by atoms with Crippen molar-refractivity contribution >= 4 is 29.2 Å². The van der Waals surface area contributed by atoms with Crippen LogP contribution in [0.4, 0.5) is 5.69 Å². The fourth-order valence-electron chi connectivity index (χ4n) is 3.30. The van der Waals surface area contributed by atoms with Crippen molar-refractivity contribution in [1.82, 2.24) is 5.32 Å². The molecule has 1 N–H and O–H groups in total. The predicted molar refractivity (Wildman–Crippen MR) is 103 cm³/mol. The molecule has 2 aromatic rings. The number of halogens is 1. The first-order chi connectivity index (χ1) is 13.4. The second kappa shape index (κ2) is 8.39. The van der Waals surface area contributed by atoms with Gasteiger partial charge in [0.25, 0.3) is 11.6 Å². The molecular weight excluding hydrogens is 384 g/mol. The average molecular weight is 403 g/mol. The number of hydrogen-bond donors (Lipinski definition) is 1. The van der Waals surface area contributed by atoms with Crippen molar-refractivity contribution in [1.29, 1.82) is 0 Å². The van der Waals surface area contributed by atoms with Crippen molar-refractivity contribution in [2.24, 2.45) is 0 Å². The van der Waals surface area contributed by atoms with E-state index in [0.29, 0.717) is 0 Å². The zero-order chi connectivity index (χ0) is 20.3. The van der Waals surface area contributed by atoms with E-state index in [1.165, 1.54) is 24.6 Å². The van der Waals surface area contributed by atoms with Gasteiger partial charge in [0.2, 0.25) is 0 Å². The highest BCUT2D eigenvalue weighted by molar-refractivity contribution is 6.31. The van der Waals surface area contributed by atoms with Gasteiger partial charge in [0, 0.05) is 11.1 Å². The highest BCUT2D eigenvalue weighted by atomic mass is 35.5. The van der Waals surface area contributed by atoms with Gasteiger partial charge in [0.15, 0.2) is 6.10 Å². The zero-order valence-electron chi connectivity index (χ0n) is 15.2. The molecule has 0 fully saturated rings. The summed E-state index contributed by atoms with van der Waals surface area (Å²) < 4.78 is 5.16. The van der Waals surface area contributed by atoms with Gasteiger partial charge in [-0.3, -0.25) is 14.9 Å².